The van der Waals surface area contributed by atoms with Crippen molar-refractivity contribution in [3.8, 4) is 11.5 Å². The molecule has 1 amide bonds. The number of ether oxygens (including phenoxy) is 2. The molecular formula is C16H22N2O3. The summed E-state index contributed by atoms with van der Waals surface area (Å²) >= 11 is 0. The predicted octanol–water partition coefficient (Wildman–Crippen LogP) is 2.10. The van der Waals surface area contributed by atoms with Crippen molar-refractivity contribution in [1.29, 1.82) is 0 Å². The molecule has 0 radical (unpaired) electrons. The number of anilines is 1. The van der Waals surface area contributed by atoms with Gasteiger partial charge in [-0.05, 0) is 39.3 Å². The molecule has 2 atom stereocenters. The first-order valence-electron chi connectivity index (χ1n) is 7.68. The Hall–Kier alpha value is -1.75. The molecular weight excluding hydrogens is 268 g/mol. The lowest BCUT2D eigenvalue weighted by Gasteiger charge is -2.16. The molecule has 5 nitrogen and oxygen atoms in total. The van der Waals surface area contributed by atoms with E-state index in [-0.39, 0.29) is 18.1 Å². The van der Waals surface area contributed by atoms with Crippen molar-refractivity contribution in [2.24, 2.45) is 0 Å². The Kier molecular flexibility index (Phi) is 4.01. The summed E-state index contributed by atoms with van der Waals surface area (Å²) in [5.41, 5.74) is 1.84. The summed E-state index contributed by atoms with van der Waals surface area (Å²) in [5, 5.41) is 6.18. The van der Waals surface area contributed by atoms with Gasteiger partial charge in [0.15, 0.2) is 0 Å². The third-order valence-corrected chi connectivity index (χ3v) is 3.93. The number of nitrogens with one attached hydrogen (secondary N) is 2. The Morgan fingerprint density at radius 3 is 3.10 bits per heavy atom. The van der Waals surface area contributed by atoms with Crippen molar-refractivity contribution in [3.05, 3.63) is 17.7 Å². The van der Waals surface area contributed by atoms with E-state index in [9.17, 15) is 4.79 Å². The zero-order valence-corrected chi connectivity index (χ0v) is 12.6. The fraction of sp³-hybridized carbons (Fsp3) is 0.562. The molecule has 5 heteroatoms. The van der Waals surface area contributed by atoms with E-state index >= 15 is 0 Å². The first-order chi connectivity index (χ1) is 10.2. The van der Waals surface area contributed by atoms with E-state index in [4.69, 9.17) is 9.47 Å². The Labute approximate surface area is 125 Å². The van der Waals surface area contributed by atoms with Gasteiger partial charge in [-0.2, -0.15) is 0 Å². The van der Waals surface area contributed by atoms with Gasteiger partial charge in [-0.3, -0.25) is 4.79 Å². The Morgan fingerprint density at radius 2 is 2.38 bits per heavy atom. The topological polar surface area (TPSA) is 59.6 Å². The van der Waals surface area contributed by atoms with E-state index in [2.05, 4.69) is 10.6 Å². The third-order valence-electron chi connectivity index (χ3n) is 3.93. The maximum Gasteiger partial charge on any atom is 0.241 e. The van der Waals surface area contributed by atoms with Gasteiger partial charge in [0.1, 0.15) is 17.6 Å². The summed E-state index contributed by atoms with van der Waals surface area (Å²) in [7, 11) is 0. The van der Waals surface area contributed by atoms with Gasteiger partial charge in [-0.1, -0.05) is 0 Å². The van der Waals surface area contributed by atoms with Crippen LogP contribution < -0.4 is 20.1 Å². The number of hydrogen-bond donors (Lipinski definition) is 2. The molecule has 0 aliphatic carbocycles. The van der Waals surface area contributed by atoms with Crippen LogP contribution in [0.5, 0.6) is 11.5 Å². The molecule has 1 aromatic rings. The molecule has 1 aromatic carbocycles. The second-order valence-electron chi connectivity index (χ2n) is 5.66. The van der Waals surface area contributed by atoms with Gasteiger partial charge in [0.2, 0.25) is 5.91 Å². The lowest BCUT2D eigenvalue weighted by atomic mass is 10.1. The molecule has 0 aromatic heterocycles. The van der Waals surface area contributed by atoms with Crippen LogP contribution in [-0.2, 0) is 11.2 Å². The highest BCUT2D eigenvalue weighted by molar-refractivity contribution is 5.96. The summed E-state index contributed by atoms with van der Waals surface area (Å²) in [4.78, 5) is 12.3. The van der Waals surface area contributed by atoms with Crippen molar-refractivity contribution in [2.45, 2.75) is 45.3 Å². The molecule has 2 aliphatic rings. The van der Waals surface area contributed by atoms with Crippen molar-refractivity contribution in [2.75, 3.05) is 18.5 Å². The molecule has 1 saturated heterocycles. The minimum absolute atomic E-state index is 0.000511. The van der Waals surface area contributed by atoms with Crippen LogP contribution in [0.3, 0.4) is 0 Å². The van der Waals surface area contributed by atoms with Crippen LogP contribution in [0.15, 0.2) is 12.1 Å². The second kappa shape index (κ2) is 5.93. The molecule has 114 valence electrons. The molecule has 0 bridgehead atoms. The van der Waals surface area contributed by atoms with E-state index in [0.717, 1.165) is 42.9 Å². The smallest absolute Gasteiger partial charge is 0.241 e. The predicted molar refractivity (Wildman–Crippen MR) is 81.1 cm³/mol. The molecule has 3 rings (SSSR count). The van der Waals surface area contributed by atoms with Crippen LogP contribution in [0, 0.1) is 0 Å². The zero-order valence-electron chi connectivity index (χ0n) is 12.6. The lowest BCUT2D eigenvalue weighted by molar-refractivity contribution is -0.117. The summed E-state index contributed by atoms with van der Waals surface area (Å²) in [6.45, 7) is 5.46. The number of rotatable bonds is 4. The van der Waals surface area contributed by atoms with Gasteiger partial charge < -0.3 is 20.1 Å². The molecule has 2 aliphatic heterocycles. The van der Waals surface area contributed by atoms with Crippen molar-refractivity contribution < 1.29 is 14.3 Å². The largest absolute Gasteiger partial charge is 0.492 e. The van der Waals surface area contributed by atoms with E-state index in [1.807, 2.05) is 26.0 Å². The number of fused-ring (bicyclic) bond motifs is 1. The molecule has 1 unspecified atom stereocenters. The highest BCUT2D eigenvalue weighted by atomic mass is 16.5. The average Bonchev–Trinajstić information content (AvgIpc) is 3.07. The van der Waals surface area contributed by atoms with Crippen molar-refractivity contribution in [1.82, 2.24) is 5.32 Å². The number of carbonyl (C=O) groups excluding carboxylic acids is 1. The minimum Gasteiger partial charge on any atom is -0.492 e. The van der Waals surface area contributed by atoms with Crippen molar-refractivity contribution >= 4 is 11.6 Å². The van der Waals surface area contributed by atoms with Crippen LogP contribution in [0.25, 0.3) is 0 Å². The van der Waals surface area contributed by atoms with Gasteiger partial charge in [0.25, 0.3) is 0 Å². The standard InChI is InChI=1S/C16H22N2O3/c1-3-20-15-8-11-7-10(2)21-14(11)9-13(15)18-16(19)12-5-4-6-17-12/h8-10,12,17H,3-7H2,1-2H3,(H,18,19)/t10?,12-/m0/s1. The van der Waals surface area contributed by atoms with Crippen molar-refractivity contribution in [3.63, 3.8) is 0 Å². The lowest BCUT2D eigenvalue weighted by Crippen LogP contribution is -2.35. The number of amides is 1. The van der Waals surface area contributed by atoms with Gasteiger partial charge in [0.05, 0.1) is 18.3 Å². The van der Waals surface area contributed by atoms with Gasteiger partial charge in [-0.25, -0.2) is 0 Å². The van der Waals surface area contributed by atoms with E-state index in [1.165, 1.54) is 0 Å². The third kappa shape index (κ3) is 2.97. The Balaban J connectivity index is 1.82. The van der Waals surface area contributed by atoms with Crippen LogP contribution in [0.4, 0.5) is 5.69 Å². The quantitative estimate of drug-likeness (QED) is 0.891. The summed E-state index contributed by atoms with van der Waals surface area (Å²) in [6.07, 6.45) is 2.99. The molecule has 0 saturated carbocycles. The highest BCUT2D eigenvalue weighted by Crippen LogP contribution is 2.38. The first kappa shape index (κ1) is 14.2. The van der Waals surface area contributed by atoms with E-state index in [0.29, 0.717) is 12.3 Å². The number of benzene rings is 1. The van der Waals surface area contributed by atoms with Gasteiger partial charge >= 0.3 is 0 Å². The Bertz CT molecular complexity index is 539. The summed E-state index contributed by atoms with van der Waals surface area (Å²) < 4.78 is 11.4. The fourth-order valence-corrected chi connectivity index (χ4v) is 2.94. The highest BCUT2D eigenvalue weighted by Gasteiger charge is 2.25. The molecule has 2 heterocycles. The molecule has 21 heavy (non-hydrogen) atoms. The van der Waals surface area contributed by atoms with Gasteiger partial charge in [0, 0.05) is 18.1 Å². The van der Waals surface area contributed by atoms with Crippen LogP contribution >= 0.6 is 0 Å². The minimum atomic E-state index is -0.104. The maximum atomic E-state index is 12.3. The molecule has 0 spiro atoms. The van der Waals surface area contributed by atoms with Crippen LogP contribution in [-0.4, -0.2) is 31.2 Å². The fourth-order valence-electron chi connectivity index (χ4n) is 2.94. The Morgan fingerprint density at radius 1 is 1.52 bits per heavy atom. The monoisotopic (exact) mass is 290 g/mol. The molecule has 1 fully saturated rings. The van der Waals surface area contributed by atoms with E-state index in [1.54, 1.807) is 0 Å². The van der Waals surface area contributed by atoms with Gasteiger partial charge in [-0.15, -0.1) is 0 Å². The normalized spacial score (nSPS) is 23.5. The van der Waals surface area contributed by atoms with Crippen LogP contribution in [0.1, 0.15) is 32.3 Å². The average molecular weight is 290 g/mol. The second-order valence-corrected chi connectivity index (χ2v) is 5.66. The molecule has 2 N–H and O–H groups in total. The van der Waals surface area contributed by atoms with E-state index < -0.39 is 0 Å². The number of carbonyl (C=O) groups is 1. The SMILES string of the molecule is CCOc1cc2c(cc1NC(=O)[C@@H]1CCCN1)OC(C)C2. The maximum absolute atomic E-state index is 12.3. The number of hydrogen-bond acceptors (Lipinski definition) is 4. The van der Waals surface area contributed by atoms with Crippen LogP contribution in [0.2, 0.25) is 0 Å². The summed E-state index contributed by atoms with van der Waals surface area (Å²) in [6, 6.07) is 3.77. The summed E-state index contributed by atoms with van der Waals surface area (Å²) in [5.74, 6) is 1.57. The first-order valence-corrected chi connectivity index (χ1v) is 7.68. The zero-order chi connectivity index (χ0) is 14.8.